The summed E-state index contributed by atoms with van der Waals surface area (Å²) in [4.78, 5) is 25.5. The minimum absolute atomic E-state index is 0.139. The lowest BCUT2D eigenvalue weighted by Crippen LogP contribution is -2.39. The van der Waals surface area contributed by atoms with Crippen molar-refractivity contribution in [2.24, 2.45) is 5.73 Å². The largest absolute Gasteiger partial charge is 0.454 e. The predicted molar refractivity (Wildman–Crippen MR) is 97.1 cm³/mol. The fraction of sp³-hybridized carbons (Fsp3) is 0.263. The highest BCUT2D eigenvalue weighted by Crippen LogP contribution is 2.32. The molecule has 7 nitrogen and oxygen atoms in total. The second kappa shape index (κ2) is 7.45. The topological polar surface area (TPSA) is 93.9 Å². The molecule has 1 heterocycles. The number of hydrogen-bond acceptors (Lipinski definition) is 5. The molecule has 0 aromatic heterocycles. The molecule has 0 saturated carbocycles. The standard InChI is InChI=1S/C19H21N3O4/c1-12(19(24)21-15-6-4-14(5-7-15)18(20)23)22(2)10-13-3-8-16-17(9-13)26-11-25-16/h3-9,12H,10-11H2,1-2H3,(H2,20,23)(H,21,24). The molecule has 2 amide bonds. The summed E-state index contributed by atoms with van der Waals surface area (Å²) in [6.45, 7) is 2.66. The van der Waals surface area contributed by atoms with Crippen LogP contribution in [0.1, 0.15) is 22.8 Å². The minimum atomic E-state index is -0.500. The number of ether oxygens (including phenoxy) is 2. The Kier molecular flexibility index (Phi) is 5.09. The van der Waals surface area contributed by atoms with Gasteiger partial charge in [0.15, 0.2) is 11.5 Å². The van der Waals surface area contributed by atoms with Crippen molar-refractivity contribution in [2.75, 3.05) is 19.2 Å². The second-order valence-electron chi connectivity index (χ2n) is 6.21. The monoisotopic (exact) mass is 355 g/mol. The van der Waals surface area contributed by atoms with Crippen molar-refractivity contribution < 1.29 is 19.1 Å². The van der Waals surface area contributed by atoms with E-state index in [0.29, 0.717) is 17.8 Å². The molecular weight excluding hydrogens is 334 g/mol. The first-order valence-electron chi connectivity index (χ1n) is 8.23. The van der Waals surface area contributed by atoms with Crippen LogP contribution >= 0.6 is 0 Å². The van der Waals surface area contributed by atoms with Gasteiger partial charge in [-0.3, -0.25) is 14.5 Å². The van der Waals surface area contributed by atoms with Gasteiger partial charge in [-0.1, -0.05) is 6.07 Å². The number of carbonyl (C=O) groups excluding carboxylic acids is 2. The first-order valence-corrected chi connectivity index (χ1v) is 8.23. The average Bonchev–Trinajstić information content (AvgIpc) is 3.09. The van der Waals surface area contributed by atoms with E-state index in [1.807, 2.05) is 37.1 Å². The van der Waals surface area contributed by atoms with E-state index in [-0.39, 0.29) is 18.7 Å². The molecule has 2 aromatic rings. The summed E-state index contributed by atoms with van der Waals surface area (Å²) in [6.07, 6.45) is 0. The number of amides is 2. The highest BCUT2D eigenvalue weighted by molar-refractivity contribution is 5.96. The van der Waals surface area contributed by atoms with Crippen LogP contribution in [0.15, 0.2) is 42.5 Å². The van der Waals surface area contributed by atoms with Gasteiger partial charge in [0.1, 0.15) is 0 Å². The molecule has 1 aliphatic heterocycles. The molecule has 3 N–H and O–H groups in total. The average molecular weight is 355 g/mol. The van der Waals surface area contributed by atoms with E-state index in [4.69, 9.17) is 15.2 Å². The summed E-state index contributed by atoms with van der Waals surface area (Å²) in [7, 11) is 1.88. The van der Waals surface area contributed by atoms with Crippen LogP contribution < -0.4 is 20.5 Å². The van der Waals surface area contributed by atoms with Crippen LogP contribution in [0.5, 0.6) is 11.5 Å². The van der Waals surface area contributed by atoms with Crippen molar-refractivity contribution in [3.05, 3.63) is 53.6 Å². The van der Waals surface area contributed by atoms with Crippen molar-refractivity contribution in [1.29, 1.82) is 0 Å². The van der Waals surface area contributed by atoms with Gasteiger partial charge >= 0.3 is 0 Å². The van der Waals surface area contributed by atoms with Gasteiger partial charge in [0.2, 0.25) is 18.6 Å². The zero-order valence-corrected chi connectivity index (χ0v) is 14.7. The third kappa shape index (κ3) is 3.94. The summed E-state index contributed by atoms with van der Waals surface area (Å²) in [5.74, 6) is 0.823. The minimum Gasteiger partial charge on any atom is -0.454 e. The lowest BCUT2D eigenvalue weighted by Gasteiger charge is -2.24. The number of likely N-dealkylation sites (N-methyl/N-ethyl adjacent to an activating group) is 1. The number of nitrogens with two attached hydrogens (primary N) is 1. The lowest BCUT2D eigenvalue weighted by molar-refractivity contribution is -0.120. The zero-order valence-electron chi connectivity index (χ0n) is 14.7. The van der Waals surface area contributed by atoms with Crippen LogP contribution in [0.3, 0.4) is 0 Å². The van der Waals surface area contributed by atoms with Crippen LogP contribution in [-0.2, 0) is 11.3 Å². The molecule has 136 valence electrons. The number of rotatable bonds is 6. The molecule has 0 aliphatic carbocycles. The second-order valence-corrected chi connectivity index (χ2v) is 6.21. The molecule has 0 saturated heterocycles. The Labute approximate surface area is 151 Å². The molecule has 0 fully saturated rings. The van der Waals surface area contributed by atoms with E-state index in [2.05, 4.69) is 5.32 Å². The molecule has 1 unspecified atom stereocenters. The molecule has 1 aliphatic rings. The van der Waals surface area contributed by atoms with Crippen LogP contribution in [0, 0.1) is 0 Å². The Balaban J connectivity index is 1.59. The maximum absolute atomic E-state index is 12.5. The molecule has 7 heteroatoms. The van der Waals surface area contributed by atoms with E-state index in [0.717, 1.165) is 17.1 Å². The summed E-state index contributed by atoms with van der Waals surface area (Å²) >= 11 is 0. The Morgan fingerprint density at radius 2 is 1.85 bits per heavy atom. The number of hydrogen-bond donors (Lipinski definition) is 2. The highest BCUT2D eigenvalue weighted by atomic mass is 16.7. The van der Waals surface area contributed by atoms with Crippen molar-refractivity contribution in [3.8, 4) is 11.5 Å². The van der Waals surface area contributed by atoms with Gasteiger partial charge in [0, 0.05) is 17.8 Å². The van der Waals surface area contributed by atoms with Gasteiger partial charge in [-0.05, 0) is 55.9 Å². The maximum Gasteiger partial charge on any atom is 0.248 e. The van der Waals surface area contributed by atoms with Gasteiger partial charge in [-0.15, -0.1) is 0 Å². The summed E-state index contributed by atoms with van der Waals surface area (Å²) in [5, 5.41) is 2.84. The summed E-state index contributed by atoms with van der Waals surface area (Å²) in [6, 6.07) is 11.9. The number of fused-ring (bicyclic) bond motifs is 1. The molecule has 3 rings (SSSR count). The van der Waals surface area contributed by atoms with Crippen molar-refractivity contribution in [1.82, 2.24) is 4.90 Å². The smallest absolute Gasteiger partial charge is 0.248 e. The van der Waals surface area contributed by atoms with E-state index in [9.17, 15) is 9.59 Å². The SMILES string of the molecule is CC(C(=O)Nc1ccc(C(N)=O)cc1)N(C)Cc1ccc2c(c1)OCO2. The van der Waals surface area contributed by atoms with Crippen LogP contribution in [0.4, 0.5) is 5.69 Å². The molecule has 2 aromatic carbocycles. The fourth-order valence-electron chi connectivity index (χ4n) is 2.63. The number of primary amides is 1. The molecule has 0 radical (unpaired) electrons. The number of nitrogens with zero attached hydrogens (tertiary/aromatic N) is 1. The number of nitrogens with one attached hydrogen (secondary N) is 1. The first-order chi connectivity index (χ1) is 12.4. The van der Waals surface area contributed by atoms with Gasteiger partial charge < -0.3 is 20.5 Å². The number of benzene rings is 2. The molecule has 0 bridgehead atoms. The third-order valence-corrected chi connectivity index (χ3v) is 4.35. The van der Waals surface area contributed by atoms with Gasteiger partial charge in [-0.2, -0.15) is 0 Å². The van der Waals surface area contributed by atoms with Crippen LogP contribution in [0.25, 0.3) is 0 Å². The van der Waals surface area contributed by atoms with Gasteiger partial charge in [-0.25, -0.2) is 0 Å². The Morgan fingerprint density at radius 3 is 2.54 bits per heavy atom. The Bertz CT molecular complexity index is 820. The van der Waals surface area contributed by atoms with Gasteiger partial charge in [0.25, 0.3) is 0 Å². The van der Waals surface area contributed by atoms with Crippen molar-refractivity contribution in [3.63, 3.8) is 0 Å². The zero-order chi connectivity index (χ0) is 18.7. The van der Waals surface area contributed by atoms with E-state index in [1.54, 1.807) is 24.3 Å². The van der Waals surface area contributed by atoms with E-state index >= 15 is 0 Å². The molecule has 0 spiro atoms. The van der Waals surface area contributed by atoms with Crippen molar-refractivity contribution >= 4 is 17.5 Å². The van der Waals surface area contributed by atoms with E-state index in [1.165, 1.54) is 0 Å². The lowest BCUT2D eigenvalue weighted by atomic mass is 10.1. The predicted octanol–water partition coefficient (Wildman–Crippen LogP) is 1.97. The van der Waals surface area contributed by atoms with E-state index < -0.39 is 5.91 Å². The maximum atomic E-state index is 12.5. The Morgan fingerprint density at radius 1 is 1.15 bits per heavy atom. The normalized spacial score (nSPS) is 13.5. The summed E-state index contributed by atoms with van der Waals surface area (Å²) < 4.78 is 10.7. The fourth-order valence-corrected chi connectivity index (χ4v) is 2.63. The molecular formula is C19H21N3O4. The molecule has 26 heavy (non-hydrogen) atoms. The third-order valence-electron chi connectivity index (χ3n) is 4.35. The van der Waals surface area contributed by atoms with Gasteiger partial charge in [0.05, 0.1) is 6.04 Å². The quantitative estimate of drug-likeness (QED) is 0.826. The van der Waals surface area contributed by atoms with Crippen molar-refractivity contribution in [2.45, 2.75) is 19.5 Å². The molecule has 1 atom stereocenters. The van der Waals surface area contributed by atoms with Crippen LogP contribution in [0.2, 0.25) is 0 Å². The number of anilines is 1. The number of carbonyl (C=O) groups is 2. The first kappa shape index (κ1) is 17.8. The summed E-state index contributed by atoms with van der Waals surface area (Å²) in [5.41, 5.74) is 7.25. The van der Waals surface area contributed by atoms with Crippen LogP contribution in [-0.4, -0.2) is 36.6 Å². The highest BCUT2D eigenvalue weighted by Gasteiger charge is 2.20. The Hall–Kier alpha value is -3.06.